The highest BCUT2D eigenvalue weighted by Crippen LogP contribution is 2.32. The van der Waals surface area contributed by atoms with Crippen molar-refractivity contribution >= 4 is 23.2 Å². The SMILES string of the molecule is CCCN1CCC(c2ccc(Cl)c(Cl)c2)CC1. The van der Waals surface area contributed by atoms with Crippen molar-refractivity contribution in [2.75, 3.05) is 19.6 Å². The van der Waals surface area contributed by atoms with E-state index in [1.165, 1.54) is 44.5 Å². The van der Waals surface area contributed by atoms with Crippen LogP contribution in [0.4, 0.5) is 0 Å². The van der Waals surface area contributed by atoms with Crippen LogP contribution in [0.2, 0.25) is 10.0 Å². The second-order valence-electron chi connectivity index (χ2n) is 4.79. The maximum atomic E-state index is 6.07. The Labute approximate surface area is 114 Å². The molecule has 3 heteroatoms. The lowest BCUT2D eigenvalue weighted by atomic mass is 9.89. The van der Waals surface area contributed by atoms with Crippen LogP contribution in [0.1, 0.15) is 37.7 Å². The molecule has 0 bridgehead atoms. The molecule has 17 heavy (non-hydrogen) atoms. The summed E-state index contributed by atoms with van der Waals surface area (Å²) in [6, 6.07) is 6.07. The molecule has 1 aromatic rings. The van der Waals surface area contributed by atoms with Gasteiger partial charge in [-0.25, -0.2) is 0 Å². The first kappa shape index (κ1) is 13.2. The number of rotatable bonds is 3. The number of piperidine rings is 1. The number of nitrogens with zero attached hydrogens (tertiary/aromatic N) is 1. The van der Waals surface area contributed by atoms with Crippen molar-refractivity contribution in [2.45, 2.75) is 32.1 Å². The smallest absolute Gasteiger partial charge is 0.0595 e. The minimum Gasteiger partial charge on any atom is -0.303 e. The van der Waals surface area contributed by atoms with Crippen molar-refractivity contribution in [3.8, 4) is 0 Å². The predicted molar refractivity (Wildman–Crippen MR) is 75.2 cm³/mol. The molecule has 1 saturated heterocycles. The fourth-order valence-corrected chi connectivity index (χ4v) is 2.88. The molecule has 0 amide bonds. The summed E-state index contributed by atoms with van der Waals surface area (Å²) in [5.74, 6) is 0.651. The van der Waals surface area contributed by atoms with E-state index in [0.29, 0.717) is 16.0 Å². The molecule has 0 spiro atoms. The molecule has 1 aliphatic rings. The molecule has 0 aromatic heterocycles. The second-order valence-corrected chi connectivity index (χ2v) is 5.60. The number of hydrogen-bond acceptors (Lipinski definition) is 1. The van der Waals surface area contributed by atoms with Crippen LogP contribution >= 0.6 is 23.2 Å². The first-order chi connectivity index (χ1) is 8.20. The number of hydrogen-bond donors (Lipinski definition) is 0. The van der Waals surface area contributed by atoms with Gasteiger partial charge < -0.3 is 4.90 Å². The summed E-state index contributed by atoms with van der Waals surface area (Å²) in [5, 5.41) is 1.33. The Kier molecular flexibility index (Phi) is 4.72. The molecule has 1 heterocycles. The summed E-state index contributed by atoms with van der Waals surface area (Å²) in [6.07, 6.45) is 3.72. The summed E-state index contributed by atoms with van der Waals surface area (Å²) in [5.41, 5.74) is 1.34. The van der Waals surface area contributed by atoms with Crippen LogP contribution < -0.4 is 0 Å². The highest BCUT2D eigenvalue weighted by molar-refractivity contribution is 6.42. The predicted octanol–water partition coefficient (Wildman–Crippen LogP) is 4.58. The van der Waals surface area contributed by atoms with E-state index in [4.69, 9.17) is 23.2 Å². The molecule has 0 N–H and O–H groups in total. The van der Waals surface area contributed by atoms with Gasteiger partial charge in [0, 0.05) is 0 Å². The molecular weight excluding hydrogens is 253 g/mol. The van der Waals surface area contributed by atoms with Crippen LogP contribution in [0.15, 0.2) is 18.2 Å². The van der Waals surface area contributed by atoms with Gasteiger partial charge in [0.1, 0.15) is 0 Å². The lowest BCUT2D eigenvalue weighted by Gasteiger charge is -2.32. The minimum absolute atomic E-state index is 0.651. The van der Waals surface area contributed by atoms with E-state index in [0.717, 1.165) is 0 Å². The van der Waals surface area contributed by atoms with Crippen LogP contribution in [0, 0.1) is 0 Å². The van der Waals surface area contributed by atoms with Gasteiger partial charge in [-0.3, -0.25) is 0 Å². The van der Waals surface area contributed by atoms with Gasteiger partial charge in [-0.2, -0.15) is 0 Å². The van der Waals surface area contributed by atoms with Crippen LogP contribution in [0.3, 0.4) is 0 Å². The standard InChI is InChI=1S/C14H19Cl2N/c1-2-7-17-8-5-11(6-9-17)12-3-4-13(15)14(16)10-12/h3-4,10-11H,2,5-9H2,1H3. The summed E-state index contributed by atoms with van der Waals surface area (Å²) < 4.78 is 0. The Balaban J connectivity index is 1.98. The highest BCUT2D eigenvalue weighted by Gasteiger charge is 2.20. The highest BCUT2D eigenvalue weighted by atomic mass is 35.5. The van der Waals surface area contributed by atoms with Gasteiger partial charge in [-0.1, -0.05) is 36.2 Å². The summed E-state index contributed by atoms with van der Waals surface area (Å²) in [7, 11) is 0. The Hall–Kier alpha value is -0.240. The molecule has 1 aliphatic heterocycles. The Morgan fingerprint density at radius 3 is 2.47 bits per heavy atom. The summed E-state index contributed by atoms with van der Waals surface area (Å²) in [6.45, 7) is 5.89. The largest absolute Gasteiger partial charge is 0.303 e. The van der Waals surface area contributed by atoms with Gasteiger partial charge in [0.25, 0.3) is 0 Å². The number of halogens is 2. The van der Waals surface area contributed by atoms with Crippen molar-refractivity contribution in [1.29, 1.82) is 0 Å². The molecule has 0 unspecified atom stereocenters. The molecule has 1 aromatic carbocycles. The normalized spacial score (nSPS) is 18.5. The third kappa shape index (κ3) is 3.37. The molecule has 0 atom stereocenters. The van der Waals surface area contributed by atoms with Crippen LogP contribution in [-0.4, -0.2) is 24.5 Å². The Morgan fingerprint density at radius 1 is 1.18 bits per heavy atom. The van der Waals surface area contributed by atoms with E-state index < -0.39 is 0 Å². The van der Waals surface area contributed by atoms with Gasteiger partial charge in [0.2, 0.25) is 0 Å². The molecule has 0 aliphatic carbocycles. The van der Waals surface area contributed by atoms with Crippen molar-refractivity contribution < 1.29 is 0 Å². The molecule has 2 rings (SSSR count). The van der Waals surface area contributed by atoms with Gasteiger partial charge in [0.05, 0.1) is 10.0 Å². The van der Waals surface area contributed by atoms with Gasteiger partial charge >= 0.3 is 0 Å². The van der Waals surface area contributed by atoms with Crippen molar-refractivity contribution in [3.05, 3.63) is 33.8 Å². The van der Waals surface area contributed by atoms with E-state index in [2.05, 4.69) is 17.9 Å². The molecule has 1 nitrogen and oxygen atoms in total. The molecule has 0 radical (unpaired) electrons. The molecule has 94 valence electrons. The van der Waals surface area contributed by atoms with Crippen LogP contribution in [0.25, 0.3) is 0 Å². The first-order valence-electron chi connectivity index (χ1n) is 6.38. The topological polar surface area (TPSA) is 3.24 Å². The van der Waals surface area contributed by atoms with Gasteiger partial charge in [-0.15, -0.1) is 0 Å². The molecule has 0 saturated carbocycles. The van der Waals surface area contributed by atoms with Crippen LogP contribution in [-0.2, 0) is 0 Å². The number of likely N-dealkylation sites (tertiary alicyclic amines) is 1. The van der Waals surface area contributed by atoms with Crippen molar-refractivity contribution in [1.82, 2.24) is 4.90 Å². The zero-order valence-corrected chi connectivity index (χ0v) is 11.8. The lowest BCUT2D eigenvalue weighted by Crippen LogP contribution is -2.33. The number of benzene rings is 1. The maximum absolute atomic E-state index is 6.07. The van der Waals surface area contributed by atoms with E-state index in [-0.39, 0.29) is 0 Å². The van der Waals surface area contributed by atoms with Crippen molar-refractivity contribution in [2.24, 2.45) is 0 Å². The fourth-order valence-electron chi connectivity index (χ4n) is 2.57. The Morgan fingerprint density at radius 2 is 1.88 bits per heavy atom. The third-order valence-electron chi connectivity index (χ3n) is 3.54. The average molecular weight is 272 g/mol. The van der Waals surface area contributed by atoms with Crippen molar-refractivity contribution in [3.63, 3.8) is 0 Å². The first-order valence-corrected chi connectivity index (χ1v) is 7.13. The molecule has 1 fully saturated rings. The lowest BCUT2D eigenvalue weighted by molar-refractivity contribution is 0.213. The van der Waals surface area contributed by atoms with Crippen LogP contribution in [0.5, 0.6) is 0 Å². The Bertz CT molecular complexity index is 370. The zero-order valence-electron chi connectivity index (χ0n) is 10.3. The van der Waals surface area contributed by atoms with Gasteiger partial charge in [-0.05, 0) is 62.5 Å². The average Bonchev–Trinajstić information content (AvgIpc) is 2.34. The zero-order chi connectivity index (χ0) is 12.3. The fraction of sp³-hybridized carbons (Fsp3) is 0.571. The third-order valence-corrected chi connectivity index (χ3v) is 4.28. The van der Waals surface area contributed by atoms with Gasteiger partial charge in [0.15, 0.2) is 0 Å². The monoisotopic (exact) mass is 271 g/mol. The van der Waals surface area contributed by atoms with E-state index in [1.54, 1.807) is 0 Å². The second kappa shape index (κ2) is 6.08. The summed E-state index contributed by atoms with van der Waals surface area (Å²) in [4.78, 5) is 2.55. The van der Waals surface area contributed by atoms with E-state index in [9.17, 15) is 0 Å². The van der Waals surface area contributed by atoms with E-state index in [1.807, 2.05) is 12.1 Å². The minimum atomic E-state index is 0.651. The summed E-state index contributed by atoms with van der Waals surface area (Å²) >= 11 is 12.0. The maximum Gasteiger partial charge on any atom is 0.0595 e. The van der Waals surface area contributed by atoms with E-state index >= 15 is 0 Å². The quantitative estimate of drug-likeness (QED) is 0.778. The molecular formula is C14H19Cl2N.